The molecule has 224 valence electrons. The fourth-order valence-electron chi connectivity index (χ4n) is 5.24. The van der Waals surface area contributed by atoms with E-state index in [9.17, 15) is 14.7 Å². The minimum Gasteiger partial charge on any atom is -0.477 e. The Kier molecular flexibility index (Phi) is 8.34. The van der Waals surface area contributed by atoms with Gasteiger partial charge in [0.05, 0.1) is 53.1 Å². The average Bonchev–Trinajstić information content (AvgIpc) is 3.43. The number of benzene rings is 1. The summed E-state index contributed by atoms with van der Waals surface area (Å²) in [7, 11) is 0. The lowest BCUT2D eigenvalue weighted by atomic mass is 10.0. The predicted molar refractivity (Wildman–Crippen MR) is 155 cm³/mol. The van der Waals surface area contributed by atoms with Crippen LogP contribution >= 0.6 is 12.4 Å². The van der Waals surface area contributed by atoms with Gasteiger partial charge >= 0.3 is 5.97 Å². The second kappa shape index (κ2) is 12.1. The zero-order valence-corrected chi connectivity index (χ0v) is 23.4. The molecule has 1 saturated heterocycles. The van der Waals surface area contributed by atoms with Crippen molar-refractivity contribution in [3.63, 3.8) is 0 Å². The van der Waals surface area contributed by atoms with Gasteiger partial charge in [-0.05, 0) is 37.8 Å². The summed E-state index contributed by atoms with van der Waals surface area (Å²) >= 11 is 0. The van der Waals surface area contributed by atoms with Crippen molar-refractivity contribution in [2.75, 3.05) is 23.7 Å². The lowest BCUT2D eigenvalue weighted by Crippen LogP contribution is -2.38. The molecule has 1 atom stereocenters. The van der Waals surface area contributed by atoms with Gasteiger partial charge in [-0.25, -0.2) is 22.9 Å². The molecule has 1 aliphatic heterocycles. The normalized spacial score (nSPS) is 16.3. The van der Waals surface area contributed by atoms with Crippen LogP contribution < -0.4 is 16.1 Å². The van der Waals surface area contributed by atoms with Crippen molar-refractivity contribution in [1.82, 2.24) is 39.5 Å². The Bertz CT molecular complexity index is 1800. The van der Waals surface area contributed by atoms with Gasteiger partial charge < -0.3 is 20.3 Å². The predicted octanol–water partition coefficient (Wildman–Crippen LogP) is 3.41. The molecule has 2 fully saturated rings. The Labute approximate surface area is 249 Å². The number of carboxylic acid groups (broad SMARTS) is 1. The lowest BCUT2D eigenvalue weighted by molar-refractivity contribution is 0.0694. The van der Waals surface area contributed by atoms with E-state index in [-0.39, 0.29) is 35.7 Å². The number of hydrogen-bond acceptors (Lipinski definition) is 9. The molecule has 4 aromatic heterocycles. The van der Waals surface area contributed by atoms with Gasteiger partial charge in [-0.15, -0.1) is 22.6 Å². The van der Waals surface area contributed by atoms with Crippen LogP contribution in [0.15, 0.2) is 60.3 Å². The van der Waals surface area contributed by atoms with E-state index in [2.05, 4.69) is 25.6 Å². The van der Waals surface area contributed by atoms with Crippen molar-refractivity contribution < 1.29 is 18.7 Å². The second-order valence-electron chi connectivity index (χ2n) is 10.1. The lowest BCUT2D eigenvalue weighted by Gasteiger charge is -2.35. The number of hydrogen-bond donors (Lipinski definition) is 2. The maximum atomic E-state index is 15.8. The minimum atomic E-state index is -1.46. The number of nitrogens with two attached hydrogens (primary N) is 1. The molecule has 1 aromatic carbocycles. The number of rotatable bonds is 5. The Morgan fingerprint density at radius 3 is 2.42 bits per heavy atom. The molecule has 0 radical (unpaired) electrons. The fourth-order valence-corrected chi connectivity index (χ4v) is 5.24. The number of carbonyl (C=O) groups is 1. The fraction of sp³-hybridized carbons (Fsp3) is 0.296. The largest absolute Gasteiger partial charge is 0.477 e. The van der Waals surface area contributed by atoms with Crippen LogP contribution in [-0.2, 0) is 0 Å². The number of carboxylic acids is 1. The highest BCUT2D eigenvalue weighted by Crippen LogP contribution is 2.42. The van der Waals surface area contributed by atoms with Crippen LogP contribution in [0.3, 0.4) is 0 Å². The molecule has 1 aliphatic carbocycles. The molecule has 5 heterocycles. The Morgan fingerprint density at radius 1 is 1.02 bits per heavy atom. The molecular weight excluding hydrogens is 586 g/mol. The summed E-state index contributed by atoms with van der Waals surface area (Å²) in [5.41, 5.74) is 4.39. The van der Waals surface area contributed by atoms with Gasteiger partial charge in [0.1, 0.15) is 11.3 Å². The number of pyridine rings is 2. The monoisotopic (exact) mass is 612 g/mol. The summed E-state index contributed by atoms with van der Waals surface area (Å²) in [5.74, 6) is -3.41. The van der Waals surface area contributed by atoms with Gasteiger partial charge in [-0.3, -0.25) is 9.78 Å². The van der Waals surface area contributed by atoms with Gasteiger partial charge in [0.25, 0.3) is 0 Å². The van der Waals surface area contributed by atoms with Gasteiger partial charge in [0.2, 0.25) is 5.43 Å². The summed E-state index contributed by atoms with van der Waals surface area (Å²) in [6.45, 7) is 0.702. The summed E-state index contributed by atoms with van der Waals surface area (Å²) in [6, 6.07) is 3.50. The SMILES string of the molecule is Cl.Nc1c(F)c(N2CCCC(n3ccnn3)C2)c(F)c2c1c(=O)c(C(=O)O)cn2C1CC1.c1cncc(-n2ccnn2)c1. The number of halogens is 3. The third-order valence-electron chi connectivity index (χ3n) is 7.40. The Balaban J connectivity index is 0.000000258. The minimum absolute atomic E-state index is 0. The van der Waals surface area contributed by atoms with Crippen LogP contribution in [0, 0.1) is 11.6 Å². The zero-order chi connectivity index (χ0) is 29.4. The molecule has 0 bridgehead atoms. The quantitative estimate of drug-likeness (QED) is 0.281. The number of fused-ring (bicyclic) bond motifs is 1. The highest BCUT2D eigenvalue weighted by Gasteiger charge is 2.34. The van der Waals surface area contributed by atoms with E-state index in [0.29, 0.717) is 32.4 Å². The molecule has 16 heteroatoms. The zero-order valence-electron chi connectivity index (χ0n) is 22.6. The van der Waals surface area contributed by atoms with Gasteiger partial charge in [-0.2, -0.15) is 0 Å². The number of piperidine rings is 1. The Morgan fingerprint density at radius 2 is 1.79 bits per heavy atom. The van der Waals surface area contributed by atoms with E-state index in [1.807, 2.05) is 12.1 Å². The second-order valence-corrected chi connectivity index (χ2v) is 10.1. The molecule has 1 saturated carbocycles. The van der Waals surface area contributed by atoms with Crippen LogP contribution in [0.4, 0.5) is 20.2 Å². The molecule has 7 rings (SSSR count). The first-order valence-corrected chi connectivity index (χ1v) is 13.3. The number of aromatic nitrogens is 8. The molecular formula is C27H27ClF2N10O3. The van der Waals surface area contributed by atoms with Crippen LogP contribution in [0.1, 0.15) is 48.1 Å². The third-order valence-corrected chi connectivity index (χ3v) is 7.40. The number of anilines is 2. The summed E-state index contributed by atoms with van der Waals surface area (Å²) < 4.78 is 36.0. The van der Waals surface area contributed by atoms with Gasteiger partial charge in [0, 0.05) is 37.7 Å². The van der Waals surface area contributed by atoms with Crippen molar-refractivity contribution in [2.24, 2.45) is 0 Å². The van der Waals surface area contributed by atoms with E-state index >= 15 is 8.78 Å². The van der Waals surface area contributed by atoms with E-state index < -0.39 is 39.7 Å². The first kappa shape index (κ1) is 29.6. The average molecular weight is 613 g/mol. The van der Waals surface area contributed by atoms with Gasteiger partial charge in [-0.1, -0.05) is 10.4 Å². The molecule has 13 nitrogen and oxygen atoms in total. The maximum Gasteiger partial charge on any atom is 0.341 e. The first-order valence-electron chi connectivity index (χ1n) is 13.3. The summed E-state index contributed by atoms with van der Waals surface area (Å²) in [5, 5.41) is 24.3. The number of nitrogen functional groups attached to an aromatic ring is 1. The molecule has 3 N–H and O–H groups in total. The standard InChI is InChI=1S/C20H20F2N6O3.C7H6N4.ClH/c21-14-16(23)13-17(27(10-3-4-10)9-12(19(13)29)20(30)31)15(22)18(14)26-6-1-2-11(8-26)28-7-5-24-25-28;1-2-7(6-8-3-1)11-5-4-9-10-11;/h5,7,9-11H,1-4,6,8,23H2,(H,30,31);1-6H;1H. The smallest absolute Gasteiger partial charge is 0.341 e. The highest BCUT2D eigenvalue weighted by molar-refractivity contribution is 5.99. The number of aromatic carboxylic acids is 1. The van der Waals surface area contributed by atoms with Crippen molar-refractivity contribution >= 4 is 40.7 Å². The molecule has 43 heavy (non-hydrogen) atoms. The van der Waals surface area contributed by atoms with Crippen LogP contribution in [0.5, 0.6) is 0 Å². The highest BCUT2D eigenvalue weighted by atomic mass is 35.5. The van der Waals surface area contributed by atoms with Crippen LogP contribution in [0.25, 0.3) is 16.6 Å². The maximum absolute atomic E-state index is 15.8. The van der Waals surface area contributed by atoms with Crippen LogP contribution in [0.2, 0.25) is 0 Å². The molecule has 0 amide bonds. The van der Waals surface area contributed by atoms with Crippen molar-refractivity contribution in [1.29, 1.82) is 0 Å². The third kappa shape index (κ3) is 5.62. The number of nitrogens with zero attached hydrogens (tertiary/aromatic N) is 9. The van der Waals surface area contributed by atoms with Gasteiger partial charge in [0.15, 0.2) is 11.6 Å². The van der Waals surface area contributed by atoms with E-state index in [0.717, 1.165) is 18.3 Å². The van der Waals surface area contributed by atoms with Crippen molar-refractivity contribution in [3.8, 4) is 5.69 Å². The van der Waals surface area contributed by atoms with Crippen LogP contribution in [-0.4, -0.2) is 63.7 Å². The molecule has 5 aromatic rings. The topological polar surface area (TPSA) is 163 Å². The van der Waals surface area contributed by atoms with E-state index in [1.54, 1.807) is 51.4 Å². The van der Waals surface area contributed by atoms with Crippen molar-refractivity contribution in [3.05, 3.63) is 82.9 Å². The molecule has 2 aliphatic rings. The summed E-state index contributed by atoms with van der Waals surface area (Å²) in [6.07, 6.45) is 14.1. The Hall–Kier alpha value is -4.92. The van der Waals surface area contributed by atoms with E-state index in [4.69, 9.17) is 5.73 Å². The molecule has 0 spiro atoms. The summed E-state index contributed by atoms with van der Waals surface area (Å²) in [4.78, 5) is 29.8. The first-order chi connectivity index (χ1) is 20.3. The molecule has 1 unspecified atom stereocenters. The van der Waals surface area contributed by atoms with E-state index in [1.165, 1.54) is 4.57 Å². The van der Waals surface area contributed by atoms with Crippen molar-refractivity contribution in [2.45, 2.75) is 37.8 Å².